The van der Waals surface area contributed by atoms with Gasteiger partial charge in [-0.15, -0.1) is 11.8 Å². The van der Waals surface area contributed by atoms with Crippen LogP contribution in [0, 0.1) is 17.0 Å². The summed E-state index contributed by atoms with van der Waals surface area (Å²) in [6, 6.07) is 30.6. The lowest BCUT2D eigenvalue weighted by atomic mass is 10.1. The second kappa shape index (κ2) is 12.0. The Hall–Kier alpha value is -4.43. The zero-order valence-electron chi connectivity index (χ0n) is 20.1. The van der Waals surface area contributed by atoms with E-state index in [9.17, 15) is 19.7 Å². The molecular weight excluding hydrogens is 486 g/mol. The summed E-state index contributed by atoms with van der Waals surface area (Å²) < 4.78 is 0. The smallest absolute Gasteiger partial charge is 0.271 e. The summed E-state index contributed by atoms with van der Waals surface area (Å²) in [5.41, 5.74) is 3.44. The van der Waals surface area contributed by atoms with Gasteiger partial charge in [-0.1, -0.05) is 66.7 Å². The van der Waals surface area contributed by atoms with Crippen molar-refractivity contribution in [3.05, 3.63) is 130 Å². The highest BCUT2D eigenvalue weighted by molar-refractivity contribution is 8.00. The molecule has 7 nitrogen and oxygen atoms in total. The van der Waals surface area contributed by atoms with Crippen LogP contribution in [0.25, 0.3) is 0 Å². The fourth-order valence-electron chi connectivity index (χ4n) is 3.70. The monoisotopic (exact) mass is 511 g/mol. The molecule has 8 heteroatoms. The lowest BCUT2D eigenvalue weighted by Gasteiger charge is -2.18. The number of benzene rings is 4. The highest BCUT2D eigenvalue weighted by Gasteiger charge is 2.23. The van der Waals surface area contributed by atoms with Crippen molar-refractivity contribution < 1.29 is 14.5 Å². The van der Waals surface area contributed by atoms with Crippen molar-refractivity contribution in [2.75, 3.05) is 10.6 Å². The number of thioether (sulfide) groups is 1. The average molecular weight is 512 g/mol. The van der Waals surface area contributed by atoms with Crippen LogP contribution >= 0.6 is 11.8 Å². The lowest BCUT2D eigenvalue weighted by molar-refractivity contribution is -0.384. The molecule has 0 aliphatic heterocycles. The van der Waals surface area contributed by atoms with Gasteiger partial charge in [0.25, 0.3) is 5.69 Å². The summed E-state index contributed by atoms with van der Waals surface area (Å²) in [4.78, 5) is 37.3. The van der Waals surface area contributed by atoms with Crippen LogP contribution in [0.5, 0.6) is 0 Å². The molecule has 2 amide bonds. The molecule has 4 rings (SSSR count). The number of nitro benzene ring substituents is 1. The number of hydrogen-bond donors (Lipinski definition) is 2. The molecule has 0 aliphatic carbocycles. The predicted molar refractivity (Wildman–Crippen MR) is 147 cm³/mol. The van der Waals surface area contributed by atoms with E-state index in [2.05, 4.69) is 10.6 Å². The Morgan fingerprint density at radius 2 is 1.51 bits per heavy atom. The summed E-state index contributed by atoms with van der Waals surface area (Å²) in [5.74, 6) is -0.402. The van der Waals surface area contributed by atoms with E-state index >= 15 is 0 Å². The molecule has 4 aromatic carbocycles. The number of amides is 2. The van der Waals surface area contributed by atoms with Gasteiger partial charge in [-0.3, -0.25) is 19.7 Å². The maximum absolute atomic E-state index is 13.4. The molecule has 0 radical (unpaired) electrons. The van der Waals surface area contributed by atoms with Gasteiger partial charge in [-0.05, 0) is 47.9 Å². The highest BCUT2D eigenvalue weighted by atomic mass is 32.2. The van der Waals surface area contributed by atoms with Gasteiger partial charge in [0.05, 0.1) is 17.0 Å². The van der Waals surface area contributed by atoms with Crippen LogP contribution in [0.2, 0.25) is 0 Å². The van der Waals surface area contributed by atoms with Gasteiger partial charge in [0.2, 0.25) is 11.8 Å². The quantitative estimate of drug-likeness (QED) is 0.151. The van der Waals surface area contributed by atoms with E-state index in [1.807, 2.05) is 72.8 Å². The Morgan fingerprint density at radius 3 is 2.16 bits per heavy atom. The van der Waals surface area contributed by atoms with Crippen LogP contribution < -0.4 is 10.6 Å². The molecule has 2 N–H and O–H groups in total. The largest absolute Gasteiger partial charge is 0.326 e. The zero-order valence-corrected chi connectivity index (χ0v) is 20.9. The maximum atomic E-state index is 13.4. The second-order valence-corrected chi connectivity index (χ2v) is 9.57. The summed E-state index contributed by atoms with van der Waals surface area (Å²) in [7, 11) is 0. The van der Waals surface area contributed by atoms with Crippen molar-refractivity contribution in [1.82, 2.24) is 0 Å². The van der Waals surface area contributed by atoms with E-state index in [4.69, 9.17) is 0 Å². The number of carbonyl (C=O) groups excluding carboxylic acids is 2. The molecule has 1 atom stereocenters. The van der Waals surface area contributed by atoms with Crippen LogP contribution in [0.15, 0.2) is 108 Å². The number of hydrogen-bond acceptors (Lipinski definition) is 5. The first-order valence-electron chi connectivity index (χ1n) is 11.6. The third-order valence-corrected chi connectivity index (χ3v) is 6.90. The molecule has 0 aromatic heterocycles. The maximum Gasteiger partial charge on any atom is 0.271 e. The Labute approximate surface area is 219 Å². The first kappa shape index (κ1) is 25.7. The third-order valence-electron chi connectivity index (χ3n) is 5.63. The predicted octanol–water partition coefficient (Wildman–Crippen LogP) is 6.56. The zero-order chi connectivity index (χ0) is 26.2. The highest BCUT2D eigenvalue weighted by Crippen LogP contribution is 2.37. The van der Waals surface area contributed by atoms with E-state index in [1.165, 1.54) is 23.9 Å². The lowest BCUT2D eigenvalue weighted by Crippen LogP contribution is -2.19. The summed E-state index contributed by atoms with van der Waals surface area (Å²) in [6.45, 7) is 1.79. The van der Waals surface area contributed by atoms with E-state index < -0.39 is 10.2 Å². The molecule has 0 bridgehead atoms. The van der Waals surface area contributed by atoms with Crippen molar-refractivity contribution in [3.63, 3.8) is 0 Å². The van der Waals surface area contributed by atoms with Gasteiger partial charge in [0.15, 0.2) is 0 Å². The van der Waals surface area contributed by atoms with Gasteiger partial charge in [-0.2, -0.15) is 0 Å². The van der Waals surface area contributed by atoms with E-state index in [1.54, 1.807) is 25.1 Å². The van der Waals surface area contributed by atoms with Crippen LogP contribution in [0.3, 0.4) is 0 Å². The van der Waals surface area contributed by atoms with Gasteiger partial charge in [0.1, 0.15) is 5.25 Å². The third kappa shape index (κ3) is 7.05. The van der Waals surface area contributed by atoms with Gasteiger partial charge < -0.3 is 10.6 Å². The molecule has 0 saturated heterocycles. The minimum Gasteiger partial charge on any atom is -0.326 e. The van der Waals surface area contributed by atoms with Crippen LogP contribution in [0.4, 0.5) is 17.1 Å². The van der Waals surface area contributed by atoms with Gasteiger partial charge in [0, 0.05) is 22.7 Å². The fraction of sp³-hybridized carbons (Fsp3) is 0.103. The Balaban J connectivity index is 1.48. The number of carbonyl (C=O) groups is 2. The first-order chi connectivity index (χ1) is 17.9. The second-order valence-electron chi connectivity index (χ2n) is 8.39. The SMILES string of the molecule is Cc1ccc([N+](=O)[O-])cc1NC(=O)C(Sc1ccc(NC(=O)Cc2ccccc2)cc1)c1ccccc1. The standard InChI is InChI=1S/C29H25N3O4S/c1-20-12-15-24(32(35)36)19-26(20)31-29(34)28(22-10-6-3-7-11-22)37-25-16-13-23(14-17-25)30-27(33)18-21-8-4-2-5-9-21/h2-17,19,28H,18H2,1H3,(H,30,33)(H,31,34). The van der Waals surface area contributed by atoms with Crippen molar-refractivity contribution in [1.29, 1.82) is 0 Å². The Kier molecular flexibility index (Phi) is 8.33. The number of non-ortho nitro benzene ring substituents is 1. The summed E-state index contributed by atoms with van der Waals surface area (Å²) >= 11 is 1.36. The van der Waals surface area contributed by atoms with E-state index in [0.717, 1.165) is 21.6 Å². The summed E-state index contributed by atoms with van der Waals surface area (Å²) in [6.07, 6.45) is 0.282. The first-order valence-corrected chi connectivity index (χ1v) is 12.5. The molecule has 0 heterocycles. The van der Waals surface area contributed by atoms with Crippen molar-refractivity contribution in [2.24, 2.45) is 0 Å². The van der Waals surface area contributed by atoms with Crippen LogP contribution in [0.1, 0.15) is 21.9 Å². The summed E-state index contributed by atoms with van der Waals surface area (Å²) in [5, 5.41) is 16.4. The molecule has 1 unspecified atom stereocenters. The molecule has 0 aliphatic rings. The number of nitro groups is 1. The normalized spacial score (nSPS) is 11.4. The number of aryl methyl sites for hydroxylation is 1. The van der Waals surface area contributed by atoms with E-state index in [0.29, 0.717) is 11.4 Å². The average Bonchev–Trinajstić information content (AvgIpc) is 2.90. The minimum atomic E-state index is -0.599. The number of rotatable bonds is 9. The van der Waals surface area contributed by atoms with Gasteiger partial charge in [-0.25, -0.2) is 0 Å². The number of nitrogens with zero attached hydrogens (tertiary/aromatic N) is 1. The molecule has 0 saturated carbocycles. The molecule has 0 spiro atoms. The Morgan fingerprint density at radius 1 is 0.865 bits per heavy atom. The van der Waals surface area contributed by atoms with Crippen molar-refractivity contribution >= 4 is 40.6 Å². The van der Waals surface area contributed by atoms with Crippen molar-refractivity contribution in [3.8, 4) is 0 Å². The molecule has 186 valence electrons. The number of nitrogens with one attached hydrogen (secondary N) is 2. The number of anilines is 2. The van der Waals surface area contributed by atoms with Crippen molar-refractivity contribution in [2.45, 2.75) is 23.5 Å². The minimum absolute atomic E-state index is 0.0882. The van der Waals surface area contributed by atoms with Gasteiger partial charge >= 0.3 is 0 Å². The van der Waals surface area contributed by atoms with E-state index in [-0.39, 0.29) is 23.9 Å². The topological polar surface area (TPSA) is 101 Å². The fourth-order valence-corrected chi connectivity index (χ4v) is 4.72. The molecule has 37 heavy (non-hydrogen) atoms. The molecule has 0 fully saturated rings. The van der Waals surface area contributed by atoms with Crippen LogP contribution in [-0.4, -0.2) is 16.7 Å². The Bertz CT molecular complexity index is 1390. The molecular formula is C29H25N3O4S. The van der Waals surface area contributed by atoms with Crippen LogP contribution in [-0.2, 0) is 16.0 Å². The molecule has 4 aromatic rings.